The maximum absolute atomic E-state index is 5.74. The zero-order valence-corrected chi connectivity index (χ0v) is 12.0. The molecule has 1 aromatic carbocycles. The summed E-state index contributed by atoms with van der Waals surface area (Å²) in [5, 5.41) is 3.83. The van der Waals surface area contributed by atoms with Gasteiger partial charge in [-0.05, 0) is 30.7 Å². The van der Waals surface area contributed by atoms with Gasteiger partial charge in [0.15, 0.2) is 0 Å². The van der Waals surface area contributed by atoms with Gasteiger partial charge < -0.3 is 10.1 Å². The maximum Gasteiger partial charge on any atom is 0.124 e. The molecule has 0 radical (unpaired) electrons. The lowest BCUT2D eigenvalue weighted by Crippen LogP contribution is -2.36. The first-order valence-electron chi connectivity index (χ1n) is 7.78. The smallest absolute Gasteiger partial charge is 0.124 e. The van der Waals surface area contributed by atoms with Crippen LogP contribution in [0.2, 0.25) is 0 Å². The third-order valence-corrected chi connectivity index (χ3v) is 5.10. The van der Waals surface area contributed by atoms with Crippen molar-refractivity contribution in [1.29, 1.82) is 0 Å². The average molecular weight is 259 g/mol. The minimum atomic E-state index is 0.481. The Hall–Kier alpha value is -1.02. The van der Waals surface area contributed by atoms with Crippen molar-refractivity contribution in [3.8, 4) is 5.75 Å². The van der Waals surface area contributed by atoms with E-state index in [1.54, 1.807) is 0 Å². The van der Waals surface area contributed by atoms with Crippen molar-refractivity contribution < 1.29 is 4.74 Å². The normalized spacial score (nSPS) is 24.8. The molecule has 1 fully saturated rings. The summed E-state index contributed by atoms with van der Waals surface area (Å²) in [5.41, 5.74) is 1.91. The number of nitrogens with one attached hydrogen (secondary N) is 1. The Balaban J connectivity index is 1.68. The van der Waals surface area contributed by atoms with Crippen LogP contribution in [0.15, 0.2) is 24.3 Å². The van der Waals surface area contributed by atoms with E-state index in [9.17, 15) is 0 Å². The summed E-state index contributed by atoms with van der Waals surface area (Å²) in [4.78, 5) is 0. The monoisotopic (exact) mass is 259 g/mol. The van der Waals surface area contributed by atoms with E-state index in [2.05, 4.69) is 36.5 Å². The van der Waals surface area contributed by atoms with Crippen LogP contribution in [-0.2, 0) is 0 Å². The summed E-state index contributed by atoms with van der Waals surface area (Å²) >= 11 is 0. The van der Waals surface area contributed by atoms with Crippen molar-refractivity contribution >= 4 is 0 Å². The third kappa shape index (κ3) is 2.64. The van der Waals surface area contributed by atoms with Gasteiger partial charge in [0.2, 0.25) is 0 Å². The van der Waals surface area contributed by atoms with Crippen molar-refractivity contribution in [2.75, 3.05) is 13.2 Å². The molecule has 1 N–H and O–H groups in total. The fourth-order valence-electron chi connectivity index (χ4n) is 3.67. The van der Waals surface area contributed by atoms with Crippen LogP contribution in [0.3, 0.4) is 0 Å². The number of benzene rings is 1. The van der Waals surface area contributed by atoms with Gasteiger partial charge in [-0.2, -0.15) is 0 Å². The second kappa shape index (κ2) is 5.54. The molecule has 3 rings (SSSR count). The SMILES string of the molecule is CCC1(CNC2CCOc3ccccc32)CCCC1. The van der Waals surface area contributed by atoms with E-state index in [-0.39, 0.29) is 0 Å². The van der Waals surface area contributed by atoms with E-state index in [4.69, 9.17) is 4.74 Å². The van der Waals surface area contributed by atoms with E-state index < -0.39 is 0 Å². The van der Waals surface area contributed by atoms with Crippen LogP contribution < -0.4 is 10.1 Å². The fraction of sp³-hybridized carbons (Fsp3) is 0.647. The quantitative estimate of drug-likeness (QED) is 0.880. The van der Waals surface area contributed by atoms with Crippen LogP contribution in [0.1, 0.15) is 57.1 Å². The summed E-state index contributed by atoms with van der Waals surface area (Å²) in [7, 11) is 0. The van der Waals surface area contributed by atoms with Gasteiger partial charge in [0, 0.05) is 24.6 Å². The largest absolute Gasteiger partial charge is 0.493 e. The maximum atomic E-state index is 5.74. The molecule has 19 heavy (non-hydrogen) atoms. The topological polar surface area (TPSA) is 21.3 Å². The number of hydrogen-bond donors (Lipinski definition) is 1. The predicted octanol–water partition coefficient (Wildman–Crippen LogP) is 4.07. The lowest BCUT2D eigenvalue weighted by atomic mass is 9.83. The predicted molar refractivity (Wildman–Crippen MR) is 78.5 cm³/mol. The van der Waals surface area contributed by atoms with E-state index in [1.165, 1.54) is 44.2 Å². The van der Waals surface area contributed by atoms with Crippen molar-refractivity contribution in [3.05, 3.63) is 29.8 Å². The van der Waals surface area contributed by atoms with E-state index in [1.807, 2.05) is 0 Å². The molecule has 2 heteroatoms. The fourth-order valence-corrected chi connectivity index (χ4v) is 3.67. The van der Waals surface area contributed by atoms with Gasteiger partial charge >= 0.3 is 0 Å². The molecular weight excluding hydrogens is 234 g/mol. The first-order valence-corrected chi connectivity index (χ1v) is 7.78. The Morgan fingerprint density at radius 3 is 2.84 bits per heavy atom. The Morgan fingerprint density at radius 1 is 1.26 bits per heavy atom. The highest BCUT2D eigenvalue weighted by Crippen LogP contribution is 2.41. The summed E-state index contributed by atoms with van der Waals surface area (Å²) < 4.78 is 5.74. The van der Waals surface area contributed by atoms with E-state index in [0.29, 0.717) is 11.5 Å². The summed E-state index contributed by atoms with van der Waals surface area (Å²) in [6.07, 6.45) is 8.05. The highest BCUT2D eigenvalue weighted by molar-refractivity contribution is 5.37. The number of ether oxygens (including phenoxy) is 1. The van der Waals surface area contributed by atoms with Crippen molar-refractivity contribution in [3.63, 3.8) is 0 Å². The number of rotatable bonds is 4. The second-order valence-corrected chi connectivity index (χ2v) is 6.17. The molecule has 0 aromatic heterocycles. The number of hydrogen-bond acceptors (Lipinski definition) is 2. The Morgan fingerprint density at radius 2 is 2.05 bits per heavy atom. The van der Waals surface area contributed by atoms with Gasteiger partial charge in [0.1, 0.15) is 5.75 Å². The molecule has 1 unspecified atom stereocenters. The van der Waals surface area contributed by atoms with Gasteiger partial charge in [-0.3, -0.25) is 0 Å². The van der Waals surface area contributed by atoms with Crippen molar-refractivity contribution in [2.45, 2.75) is 51.5 Å². The number of para-hydroxylation sites is 1. The van der Waals surface area contributed by atoms with Crippen LogP contribution in [-0.4, -0.2) is 13.2 Å². The Bertz CT molecular complexity index is 423. The highest BCUT2D eigenvalue weighted by Gasteiger charge is 2.33. The van der Waals surface area contributed by atoms with Gasteiger partial charge in [-0.25, -0.2) is 0 Å². The summed E-state index contributed by atoms with van der Waals surface area (Å²) in [6, 6.07) is 8.96. The number of fused-ring (bicyclic) bond motifs is 1. The summed E-state index contributed by atoms with van der Waals surface area (Å²) in [5.74, 6) is 1.07. The standard InChI is InChI=1S/C17H25NO/c1-2-17(10-5-6-11-17)13-18-15-9-12-19-16-8-4-3-7-14(15)16/h3-4,7-8,15,18H,2,5-6,9-13H2,1H3. The van der Waals surface area contributed by atoms with E-state index >= 15 is 0 Å². The summed E-state index contributed by atoms with van der Waals surface area (Å²) in [6.45, 7) is 4.36. The van der Waals surface area contributed by atoms with Crippen molar-refractivity contribution in [2.24, 2.45) is 5.41 Å². The zero-order chi connectivity index (χ0) is 13.1. The van der Waals surface area contributed by atoms with Gasteiger partial charge in [0.25, 0.3) is 0 Å². The molecule has 0 amide bonds. The minimum absolute atomic E-state index is 0.481. The first kappa shape index (κ1) is 13.0. The van der Waals surface area contributed by atoms with Gasteiger partial charge in [0.05, 0.1) is 6.61 Å². The Kier molecular flexibility index (Phi) is 3.79. The highest BCUT2D eigenvalue weighted by atomic mass is 16.5. The minimum Gasteiger partial charge on any atom is -0.493 e. The van der Waals surface area contributed by atoms with Gasteiger partial charge in [-0.15, -0.1) is 0 Å². The molecular formula is C17H25NO. The van der Waals surface area contributed by atoms with Gasteiger partial charge in [-0.1, -0.05) is 38.0 Å². The van der Waals surface area contributed by atoms with Crippen LogP contribution in [0.4, 0.5) is 0 Å². The van der Waals surface area contributed by atoms with E-state index in [0.717, 1.165) is 18.8 Å². The molecule has 0 saturated heterocycles. The lowest BCUT2D eigenvalue weighted by Gasteiger charge is -2.33. The molecule has 1 atom stereocenters. The molecule has 1 aliphatic heterocycles. The lowest BCUT2D eigenvalue weighted by molar-refractivity contribution is 0.217. The van der Waals surface area contributed by atoms with Crippen LogP contribution in [0.5, 0.6) is 5.75 Å². The van der Waals surface area contributed by atoms with Crippen LogP contribution in [0, 0.1) is 5.41 Å². The van der Waals surface area contributed by atoms with Crippen LogP contribution >= 0.6 is 0 Å². The van der Waals surface area contributed by atoms with Crippen LogP contribution in [0.25, 0.3) is 0 Å². The molecule has 104 valence electrons. The molecule has 2 nitrogen and oxygen atoms in total. The zero-order valence-electron chi connectivity index (χ0n) is 12.0. The third-order valence-electron chi connectivity index (χ3n) is 5.10. The molecule has 0 bridgehead atoms. The molecule has 1 aliphatic carbocycles. The second-order valence-electron chi connectivity index (χ2n) is 6.17. The molecule has 0 spiro atoms. The average Bonchev–Trinajstić information content (AvgIpc) is 2.94. The van der Waals surface area contributed by atoms with Crippen molar-refractivity contribution in [1.82, 2.24) is 5.32 Å². The molecule has 1 heterocycles. The molecule has 1 aromatic rings. The molecule has 1 saturated carbocycles. The first-order chi connectivity index (χ1) is 9.33. The Labute approximate surface area is 116 Å². The molecule has 2 aliphatic rings.